The summed E-state index contributed by atoms with van der Waals surface area (Å²) in [7, 11) is 0. The lowest BCUT2D eigenvalue weighted by Crippen LogP contribution is -2.57. The van der Waals surface area contributed by atoms with Crippen LogP contribution in [0.25, 0.3) is 4.85 Å². The van der Waals surface area contributed by atoms with Crippen molar-refractivity contribution in [2.45, 2.75) is 210 Å². The van der Waals surface area contributed by atoms with Gasteiger partial charge in [0.1, 0.15) is 5.78 Å². The molecule has 11 nitrogen and oxygen atoms in total. The number of carbonyl (C=O) groups excluding carboxylic acids is 4. The maximum absolute atomic E-state index is 12.1. The minimum absolute atomic E-state index is 0. The molecule has 3 amide bonds. The van der Waals surface area contributed by atoms with Gasteiger partial charge < -0.3 is 20.0 Å². The normalized spacial score (nSPS) is 23.8. The van der Waals surface area contributed by atoms with Crippen LogP contribution in [0, 0.1) is 6.57 Å². The highest BCUT2D eigenvalue weighted by Gasteiger charge is 2.51. The molecule has 0 aromatic heterocycles. The lowest BCUT2D eigenvalue weighted by atomic mass is 9.67. The van der Waals surface area contributed by atoms with E-state index in [4.69, 9.17) is 6.57 Å². The summed E-state index contributed by atoms with van der Waals surface area (Å²) in [6, 6.07) is 26.2. The van der Waals surface area contributed by atoms with Crippen LogP contribution in [0.3, 0.4) is 0 Å². The van der Waals surface area contributed by atoms with Crippen LogP contribution < -0.4 is 5.32 Å². The molecule has 418 valence electrons. The Balaban J connectivity index is 0.000000144. The largest absolute Gasteiger partial charge is 0.338 e. The van der Waals surface area contributed by atoms with Crippen molar-refractivity contribution < 1.29 is 19.2 Å². The number of Topliss-reactive ketones (excluding diaryl/α,β-unsaturated/α-hetero) is 1. The van der Waals surface area contributed by atoms with Gasteiger partial charge in [-0.3, -0.25) is 28.9 Å². The molecule has 1 N–H and O–H groups in total. The molecule has 0 unspecified atom stereocenters. The third-order valence-electron chi connectivity index (χ3n) is 20.2. The van der Waals surface area contributed by atoms with Crippen LogP contribution in [0.2, 0.25) is 0 Å². The van der Waals surface area contributed by atoms with E-state index in [0.717, 1.165) is 130 Å². The van der Waals surface area contributed by atoms with Crippen LogP contribution in [0.5, 0.6) is 0 Å². The molecule has 3 aromatic rings. The Bertz CT molecular complexity index is 2530. The van der Waals surface area contributed by atoms with E-state index < -0.39 is 0 Å². The number of hydrogen-bond acceptors (Lipinski definition) is 7. The van der Waals surface area contributed by atoms with Crippen molar-refractivity contribution in [3.8, 4) is 0 Å². The number of fused-ring (bicyclic) bond motifs is 6. The number of nitrogens with zero attached hydrogens (tertiary/aromatic N) is 6. The second-order valence-electron chi connectivity index (χ2n) is 25.0. The molecule has 12 heteroatoms. The first-order valence-electron chi connectivity index (χ1n) is 29.8. The summed E-state index contributed by atoms with van der Waals surface area (Å²) in [6.07, 6.45) is 24.6. The number of halogens is 1. The van der Waals surface area contributed by atoms with Crippen LogP contribution in [-0.4, -0.2) is 118 Å². The van der Waals surface area contributed by atoms with Crippen LogP contribution >= 0.6 is 12.4 Å². The quantitative estimate of drug-likeness (QED) is 0.255. The van der Waals surface area contributed by atoms with Crippen LogP contribution in [-0.2, 0) is 55.1 Å². The number of likely N-dealkylation sites (tertiary alicyclic amines) is 2. The molecular weight excluding hydrogens is 978 g/mol. The molecule has 0 bridgehead atoms. The Kier molecular flexibility index (Phi) is 19.5. The van der Waals surface area contributed by atoms with Crippen LogP contribution in [0.1, 0.15) is 196 Å². The molecule has 3 aliphatic carbocycles. The van der Waals surface area contributed by atoms with Gasteiger partial charge >= 0.3 is 0 Å². The van der Waals surface area contributed by atoms with Gasteiger partial charge in [0.15, 0.2) is 0 Å². The molecule has 6 fully saturated rings. The van der Waals surface area contributed by atoms with Gasteiger partial charge in [0.05, 0.1) is 0 Å². The van der Waals surface area contributed by atoms with E-state index in [2.05, 4.69) is 105 Å². The zero-order valence-electron chi connectivity index (χ0n) is 47.5. The average Bonchev–Trinajstić information content (AvgIpc) is 3.45. The maximum Gasteiger partial charge on any atom is 0.288 e. The molecule has 12 rings (SSSR count). The molecule has 3 aromatic carbocycles. The smallest absolute Gasteiger partial charge is 0.288 e. The molecule has 9 aliphatic rings. The van der Waals surface area contributed by atoms with E-state index in [1.807, 2.05) is 9.80 Å². The van der Waals surface area contributed by atoms with E-state index in [1.165, 1.54) is 117 Å². The Hall–Kier alpha value is -4.60. The second kappa shape index (κ2) is 25.7. The number of benzene rings is 3. The predicted octanol–water partition coefficient (Wildman–Crippen LogP) is 11.7. The van der Waals surface area contributed by atoms with Crippen LogP contribution in [0.4, 0.5) is 0 Å². The highest BCUT2D eigenvalue weighted by molar-refractivity contribution is 5.85. The zero-order chi connectivity index (χ0) is 53.4. The molecule has 6 heterocycles. The number of ketones is 1. The van der Waals surface area contributed by atoms with Crippen molar-refractivity contribution in [1.82, 2.24) is 29.8 Å². The maximum atomic E-state index is 12.1. The Morgan fingerprint density at radius 2 is 0.831 bits per heavy atom. The van der Waals surface area contributed by atoms with Gasteiger partial charge in [-0.2, -0.15) is 0 Å². The summed E-state index contributed by atoms with van der Waals surface area (Å²) < 4.78 is 0. The third-order valence-corrected chi connectivity index (χ3v) is 20.2. The Labute approximate surface area is 468 Å². The zero-order valence-corrected chi connectivity index (χ0v) is 48.3. The molecule has 77 heavy (non-hydrogen) atoms. The molecular formula is C65H92ClN7O4. The Morgan fingerprint density at radius 1 is 0.481 bits per heavy atom. The number of carbonyl (C=O) groups is 4. The number of hydrogen-bond donors (Lipinski definition) is 1. The minimum Gasteiger partial charge on any atom is -0.338 e. The fourth-order valence-electron chi connectivity index (χ4n) is 15.5. The second-order valence-corrected chi connectivity index (χ2v) is 25.0. The summed E-state index contributed by atoms with van der Waals surface area (Å²) in [4.78, 5) is 61.9. The van der Waals surface area contributed by atoms with Gasteiger partial charge in [0, 0.05) is 121 Å². The SMILES string of the molecule is CC(=O)N1Cc2ccccc2C2(CCN(C3(C)CCCCC3)CC2)C1.CC(=O)N1Cc2ccccc2C2(CCNCC2)C1.Cl.O=C1CCCCC1.[C-]#[N+]C1(N2CCC3(CC2)CN(C(C)=O)Cc2ccccc23)CCCCC1. The van der Waals surface area contributed by atoms with Crippen LogP contribution in [0.15, 0.2) is 72.8 Å². The monoisotopic (exact) mass is 1070 g/mol. The van der Waals surface area contributed by atoms with Crippen molar-refractivity contribution >= 4 is 35.9 Å². The highest BCUT2D eigenvalue weighted by atomic mass is 35.5. The summed E-state index contributed by atoms with van der Waals surface area (Å²) in [5, 5.41) is 3.43. The molecule has 3 saturated carbocycles. The van der Waals surface area contributed by atoms with Gasteiger partial charge in [0.2, 0.25) is 17.7 Å². The molecule has 6 aliphatic heterocycles. The van der Waals surface area contributed by atoms with Gasteiger partial charge in [-0.25, -0.2) is 11.5 Å². The number of rotatable bonds is 2. The predicted molar refractivity (Wildman–Crippen MR) is 311 cm³/mol. The first-order chi connectivity index (χ1) is 36.7. The van der Waals surface area contributed by atoms with Gasteiger partial charge in [0.25, 0.3) is 5.66 Å². The van der Waals surface area contributed by atoms with Crippen molar-refractivity contribution in [2.24, 2.45) is 0 Å². The lowest BCUT2D eigenvalue weighted by Gasteiger charge is -2.53. The molecule has 3 spiro atoms. The number of amides is 3. The number of nitrogens with one attached hydrogen (secondary N) is 1. The van der Waals surface area contributed by atoms with Crippen molar-refractivity contribution in [2.75, 3.05) is 58.9 Å². The average molecular weight is 1070 g/mol. The summed E-state index contributed by atoms with van der Waals surface area (Å²) in [6.45, 7) is 26.8. The first-order valence-corrected chi connectivity index (χ1v) is 29.8. The summed E-state index contributed by atoms with van der Waals surface area (Å²) >= 11 is 0. The minimum atomic E-state index is -0.256. The molecule has 3 saturated heterocycles. The molecule has 0 atom stereocenters. The molecule has 0 radical (unpaired) electrons. The van der Waals surface area contributed by atoms with Gasteiger partial charge in [-0.05, 0) is 144 Å². The lowest BCUT2D eigenvalue weighted by molar-refractivity contribution is -0.132. The number of piperidine rings is 3. The Morgan fingerprint density at radius 3 is 1.19 bits per heavy atom. The van der Waals surface area contributed by atoms with E-state index in [9.17, 15) is 19.2 Å². The first kappa shape index (κ1) is 58.5. The van der Waals surface area contributed by atoms with Gasteiger partial charge in [-0.1, -0.05) is 105 Å². The van der Waals surface area contributed by atoms with Crippen molar-refractivity contribution in [3.05, 3.63) is 118 Å². The topological polar surface area (TPSA) is 101 Å². The van der Waals surface area contributed by atoms with E-state index in [-0.39, 0.29) is 52.0 Å². The standard InChI is InChI=1S/C22H29N3O.C22H32N2O.C15H20N2O.C6H10O.ClH/c1-18(26)24-16-19-8-4-5-9-20(19)21(17-24)12-14-25(15-13-21)22(23-2)10-6-3-7-11-22;1-18(25)23-16-19-8-4-5-9-20(19)22(17-23)12-14-24(15-13-22)21(2)10-6-3-7-11-21;1-12(18)17-10-13-4-2-3-5-14(13)15(11-17)6-8-16-9-7-15;7-6-4-2-1-3-5-6;/h4-5,8-9H,3,6-7,10-17H2,1H3;4-5,8-9H,3,6-7,10-17H2,1-2H3;2-5,16H,6-11H2,1H3;1-5H2;1H. The van der Waals surface area contributed by atoms with Crippen molar-refractivity contribution in [3.63, 3.8) is 0 Å². The third kappa shape index (κ3) is 13.0. The highest BCUT2D eigenvalue weighted by Crippen LogP contribution is 2.47. The van der Waals surface area contributed by atoms with Gasteiger partial charge in [-0.15, -0.1) is 12.4 Å². The summed E-state index contributed by atoms with van der Waals surface area (Å²) in [5.41, 5.74) is 9.01. The fourth-order valence-corrected chi connectivity index (χ4v) is 15.5. The van der Waals surface area contributed by atoms with Crippen molar-refractivity contribution in [1.29, 1.82) is 0 Å². The summed E-state index contributed by atoms with van der Waals surface area (Å²) in [5.74, 6) is 1.05. The van der Waals surface area contributed by atoms with E-state index >= 15 is 0 Å². The fraction of sp³-hybridized carbons (Fsp3) is 0.646. The van der Waals surface area contributed by atoms with E-state index in [0.29, 0.717) is 11.3 Å². The van der Waals surface area contributed by atoms with E-state index in [1.54, 1.807) is 20.8 Å².